The lowest BCUT2D eigenvalue weighted by Crippen LogP contribution is -2.34. The molecule has 0 aliphatic carbocycles. The Labute approximate surface area is 152 Å². The first-order valence-electron chi connectivity index (χ1n) is 7.30. The molecule has 2 unspecified atom stereocenters. The fraction of sp³-hybridized carbons (Fsp3) is 0.400. The normalized spacial score (nSPS) is 19.2. The first kappa shape index (κ1) is 20.4. The maximum atomic E-state index is 12.2. The maximum Gasteiger partial charge on any atom is 0.251 e. The van der Waals surface area contributed by atoms with E-state index in [4.69, 9.17) is 0 Å². The van der Waals surface area contributed by atoms with Gasteiger partial charge in [0.2, 0.25) is 0 Å². The topological polar surface area (TPSA) is 103 Å². The van der Waals surface area contributed by atoms with E-state index in [1.165, 1.54) is 0 Å². The molecular weight excluding hydrogens is 353 g/mol. The molecule has 2 atom stereocenters. The number of nitrogens with zero attached hydrogens (tertiary/aromatic N) is 2. The molecule has 1 aromatic carbocycles. The molecule has 4 N–H and O–H groups in total. The van der Waals surface area contributed by atoms with Crippen LogP contribution in [0.4, 0.5) is 0 Å². The van der Waals surface area contributed by atoms with Gasteiger partial charge in [-0.2, -0.15) is 5.10 Å². The summed E-state index contributed by atoms with van der Waals surface area (Å²) in [6.07, 6.45) is -0.400. The van der Waals surface area contributed by atoms with Gasteiger partial charge in [-0.25, -0.2) is 4.98 Å². The zero-order valence-electron chi connectivity index (χ0n) is 13.2. The summed E-state index contributed by atoms with van der Waals surface area (Å²) in [5, 5.41) is 22.6. The van der Waals surface area contributed by atoms with E-state index in [1.807, 2.05) is 19.1 Å². The molecule has 24 heavy (non-hydrogen) atoms. The number of aromatic amines is 1. The quantitative estimate of drug-likeness (QED) is 0.638. The number of rotatable bonds is 4. The Hall–Kier alpha value is -1.67. The van der Waals surface area contributed by atoms with Gasteiger partial charge in [0.25, 0.3) is 5.91 Å². The minimum absolute atomic E-state index is 0. The molecule has 0 bridgehead atoms. The number of benzene rings is 1. The van der Waals surface area contributed by atoms with E-state index in [-0.39, 0.29) is 36.6 Å². The van der Waals surface area contributed by atoms with Crippen molar-refractivity contribution >= 4 is 30.7 Å². The van der Waals surface area contributed by atoms with Crippen LogP contribution in [0.3, 0.4) is 0 Å². The molecule has 0 radical (unpaired) electrons. The first-order chi connectivity index (χ1) is 10.6. The summed E-state index contributed by atoms with van der Waals surface area (Å²) in [6.45, 7) is 3.59. The van der Waals surface area contributed by atoms with Crippen LogP contribution in [0, 0.1) is 12.8 Å². The highest BCUT2D eigenvalue weighted by Gasteiger charge is 2.25. The van der Waals surface area contributed by atoms with Crippen LogP contribution in [-0.2, 0) is 0 Å². The largest absolute Gasteiger partial charge is 0.391 e. The highest BCUT2D eigenvalue weighted by molar-refractivity contribution is 5.95. The molecule has 0 spiro atoms. The average Bonchev–Trinajstić information content (AvgIpc) is 3.13. The Morgan fingerprint density at radius 1 is 1.38 bits per heavy atom. The van der Waals surface area contributed by atoms with Gasteiger partial charge in [0.05, 0.1) is 6.10 Å². The molecule has 3 rings (SSSR count). The molecule has 1 amide bonds. The SMILES string of the molecule is Cc1nc(-c2cccc(C(=O)NCC3CNCC3O)c2)n[nH]1.Cl.Cl. The van der Waals surface area contributed by atoms with Crippen molar-refractivity contribution in [1.82, 2.24) is 25.8 Å². The Kier molecular flexibility index (Phi) is 7.62. The molecule has 7 nitrogen and oxygen atoms in total. The van der Waals surface area contributed by atoms with E-state index in [0.29, 0.717) is 24.5 Å². The molecule has 9 heteroatoms. The van der Waals surface area contributed by atoms with Crippen molar-refractivity contribution in [3.63, 3.8) is 0 Å². The number of hydrogen-bond acceptors (Lipinski definition) is 5. The van der Waals surface area contributed by atoms with Crippen LogP contribution in [0.1, 0.15) is 16.2 Å². The van der Waals surface area contributed by atoms with Gasteiger partial charge in [0, 0.05) is 36.7 Å². The van der Waals surface area contributed by atoms with E-state index in [1.54, 1.807) is 12.1 Å². The van der Waals surface area contributed by atoms with E-state index >= 15 is 0 Å². The van der Waals surface area contributed by atoms with Gasteiger partial charge in [0.1, 0.15) is 5.82 Å². The summed E-state index contributed by atoms with van der Waals surface area (Å²) in [6, 6.07) is 7.19. The van der Waals surface area contributed by atoms with E-state index < -0.39 is 6.10 Å². The molecule has 1 aromatic heterocycles. The second-order valence-corrected chi connectivity index (χ2v) is 5.52. The summed E-state index contributed by atoms with van der Waals surface area (Å²) in [5.41, 5.74) is 1.35. The van der Waals surface area contributed by atoms with Crippen molar-refractivity contribution in [2.75, 3.05) is 19.6 Å². The molecule has 2 aromatic rings. The summed E-state index contributed by atoms with van der Waals surface area (Å²) < 4.78 is 0. The molecule has 1 aliphatic rings. The van der Waals surface area contributed by atoms with Gasteiger partial charge in [-0.1, -0.05) is 12.1 Å². The molecular formula is C15H21Cl2N5O2. The lowest BCUT2D eigenvalue weighted by molar-refractivity contribution is 0.0927. The molecule has 1 saturated heterocycles. The van der Waals surface area contributed by atoms with Crippen LogP contribution in [0.2, 0.25) is 0 Å². The van der Waals surface area contributed by atoms with Crippen LogP contribution in [0.15, 0.2) is 24.3 Å². The minimum Gasteiger partial charge on any atom is -0.391 e. The summed E-state index contributed by atoms with van der Waals surface area (Å²) in [5.74, 6) is 1.20. The van der Waals surface area contributed by atoms with E-state index in [0.717, 1.165) is 17.9 Å². The lowest BCUT2D eigenvalue weighted by Gasteiger charge is -2.14. The number of aliphatic hydroxyl groups is 1. The van der Waals surface area contributed by atoms with Crippen molar-refractivity contribution in [2.24, 2.45) is 5.92 Å². The fourth-order valence-corrected chi connectivity index (χ4v) is 2.52. The molecule has 1 fully saturated rings. The third-order valence-electron chi connectivity index (χ3n) is 3.81. The third kappa shape index (κ3) is 4.67. The van der Waals surface area contributed by atoms with Gasteiger partial charge < -0.3 is 15.7 Å². The number of β-amino-alcohol motifs (C(OH)–C–C–N with tert-alkyl or cyclic N) is 1. The number of hydrogen-bond donors (Lipinski definition) is 4. The molecule has 2 heterocycles. The maximum absolute atomic E-state index is 12.2. The number of carbonyl (C=O) groups excluding carboxylic acids is 1. The van der Waals surface area contributed by atoms with Crippen LogP contribution in [-0.4, -0.2) is 51.9 Å². The van der Waals surface area contributed by atoms with Crippen molar-refractivity contribution in [1.29, 1.82) is 0 Å². The summed E-state index contributed by atoms with van der Waals surface area (Å²) in [4.78, 5) is 16.5. The van der Waals surface area contributed by atoms with Gasteiger partial charge in [-0.05, 0) is 19.1 Å². The van der Waals surface area contributed by atoms with Crippen molar-refractivity contribution < 1.29 is 9.90 Å². The fourth-order valence-electron chi connectivity index (χ4n) is 2.52. The van der Waals surface area contributed by atoms with Crippen LogP contribution in [0.5, 0.6) is 0 Å². The predicted molar refractivity (Wildman–Crippen MR) is 95.8 cm³/mol. The zero-order chi connectivity index (χ0) is 15.5. The Balaban J connectivity index is 0.00000144. The second-order valence-electron chi connectivity index (χ2n) is 5.52. The summed E-state index contributed by atoms with van der Waals surface area (Å²) >= 11 is 0. The zero-order valence-corrected chi connectivity index (χ0v) is 14.8. The monoisotopic (exact) mass is 373 g/mol. The van der Waals surface area contributed by atoms with Crippen molar-refractivity contribution in [3.05, 3.63) is 35.7 Å². The number of amides is 1. The van der Waals surface area contributed by atoms with E-state index in [9.17, 15) is 9.90 Å². The number of H-pyrrole nitrogens is 1. The standard InChI is InChI=1S/C15H19N5O2.2ClH/c1-9-18-14(20-19-9)10-3-2-4-11(5-10)15(22)17-7-12-6-16-8-13(12)21;;/h2-5,12-13,16,21H,6-8H2,1H3,(H,17,22)(H,18,19,20);2*1H. The predicted octanol–water partition coefficient (Wildman–Crippen LogP) is 0.934. The number of aryl methyl sites for hydroxylation is 1. The van der Waals surface area contributed by atoms with E-state index in [2.05, 4.69) is 25.8 Å². The molecule has 0 saturated carbocycles. The smallest absolute Gasteiger partial charge is 0.251 e. The van der Waals surface area contributed by atoms with Gasteiger partial charge in [0.15, 0.2) is 5.82 Å². The second kappa shape index (κ2) is 8.98. The van der Waals surface area contributed by atoms with Crippen LogP contribution < -0.4 is 10.6 Å². The number of halogens is 2. The Bertz CT molecular complexity index is 679. The van der Waals surface area contributed by atoms with Crippen LogP contribution in [0.25, 0.3) is 11.4 Å². The number of aliphatic hydroxyl groups excluding tert-OH is 1. The number of carbonyl (C=O) groups is 1. The first-order valence-corrected chi connectivity index (χ1v) is 7.30. The Morgan fingerprint density at radius 2 is 2.17 bits per heavy atom. The van der Waals surface area contributed by atoms with Gasteiger partial charge in [-0.3, -0.25) is 9.89 Å². The highest BCUT2D eigenvalue weighted by Crippen LogP contribution is 2.16. The number of nitrogens with one attached hydrogen (secondary N) is 3. The summed E-state index contributed by atoms with van der Waals surface area (Å²) in [7, 11) is 0. The van der Waals surface area contributed by atoms with Crippen LogP contribution >= 0.6 is 24.8 Å². The highest BCUT2D eigenvalue weighted by atomic mass is 35.5. The average molecular weight is 374 g/mol. The van der Waals surface area contributed by atoms with Gasteiger partial charge >= 0.3 is 0 Å². The van der Waals surface area contributed by atoms with Gasteiger partial charge in [-0.15, -0.1) is 24.8 Å². The Morgan fingerprint density at radius 3 is 2.79 bits per heavy atom. The van der Waals surface area contributed by atoms with Crippen molar-refractivity contribution in [3.8, 4) is 11.4 Å². The third-order valence-corrected chi connectivity index (χ3v) is 3.81. The number of aromatic nitrogens is 3. The lowest BCUT2D eigenvalue weighted by atomic mass is 10.1. The molecule has 1 aliphatic heterocycles. The van der Waals surface area contributed by atoms with Crippen molar-refractivity contribution in [2.45, 2.75) is 13.0 Å². The minimum atomic E-state index is -0.400. The molecule has 132 valence electrons.